The molecule has 5 heterocycles. The molecule has 2 N–H and O–H groups in total. The highest BCUT2D eigenvalue weighted by atomic mass is 32.1. The van der Waals surface area contributed by atoms with Crippen LogP contribution in [0.25, 0.3) is 55.2 Å². The van der Waals surface area contributed by atoms with Gasteiger partial charge < -0.3 is 9.88 Å². The van der Waals surface area contributed by atoms with Crippen LogP contribution in [0.5, 0.6) is 0 Å². The maximum atomic E-state index is 4.89. The van der Waals surface area contributed by atoms with Crippen molar-refractivity contribution in [1.82, 2.24) is 30.1 Å². The van der Waals surface area contributed by atoms with Crippen LogP contribution in [0, 0.1) is 0 Å². The van der Waals surface area contributed by atoms with Gasteiger partial charge in [-0.3, -0.25) is 10.1 Å². The van der Waals surface area contributed by atoms with E-state index in [0.29, 0.717) is 5.82 Å². The van der Waals surface area contributed by atoms with Gasteiger partial charge in [-0.2, -0.15) is 5.10 Å². The van der Waals surface area contributed by atoms with E-state index in [2.05, 4.69) is 54.8 Å². The second-order valence-corrected chi connectivity index (χ2v) is 8.72. The van der Waals surface area contributed by atoms with Gasteiger partial charge in [-0.05, 0) is 41.3 Å². The Kier molecular flexibility index (Phi) is 4.26. The smallest absolute Gasteiger partial charge is 0.160 e. The molecular weight excluding hydrogens is 418 g/mol. The van der Waals surface area contributed by atoms with Crippen molar-refractivity contribution in [3.05, 3.63) is 66.4 Å². The molecule has 0 saturated heterocycles. The minimum absolute atomic E-state index is 0.695. The number of pyridine rings is 2. The van der Waals surface area contributed by atoms with E-state index < -0.39 is 0 Å². The quantitative estimate of drug-likeness (QED) is 0.388. The number of hydrogen-bond donors (Lipinski definition) is 2. The van der Waals surface area contributed by atoms with Gasteiger partial charge in [0.1, 0.15) is 11.2 Å². The van der Waals surface area contributed by atoms with E-state index in [1.165, 1.54) is 0 Å². The monoisotopic (exact) mass is 437 g/mol. The minimum Gasteiger partial charge on any atom is -0.376 e. The zero-order chi connectivity index (χ0) is 21.7. The summed E-state index contributed by atoms with van der Waals surface area (Å²) < 4.78 is 0. The van der Waals surface area contributed by atoms with E-state index in [1.807, 2.05) is 55.8 Å². The van der Waals surface area contributed by atoms with Crippen molar-refractivity contribution in [3.8, 4) is 33.1 Å². The molecule has 0 aliphatic carbocycles. The van der Waals surface area contributed by atoms with Gasteiger partial charge >= 0.3 is 0 Å². The summed E-state index contributed by atoms with van der Waals surface area (Å²) in [6, 6.07) is 14.5. The van der Waals surface area contributed by atoms with Gasteiger partial charge in [0.2, 0.25) is 0 Å². The summed E-state index contributed by atoms with van der Waals surface area (Å²) in [4.78, 5) is 20.3. The van der Waals surface area contributed by atoms with Gasteiger partial charge in [0.05, 0.1) is 17.4 Å². The first kappa shape index (κ1) is 18.7. The molecule has 7 nitrogen and oxygen atoms in total. The number of nitrogens with one attached hydrogen (secondary N) is 2. The largest absolute Gasteiger partial charge is 0.376 e. The van der Waals surface area contributed by atoms with Crippen LogP contribution in [0.15, 0.2) is 66.4 Å². The fourth-order valence-electron chi connectivity index (χ4n) is 3.86. The van der Waals surface area contributed by atoms with E-state index in [1.54, 1.807) is 11.3 Å². The molecule has 6 rings (SSSR count). The van der Waals surface area contributed by atoms with Gasteiger partial charge in [0.15, 0.2) is 11.5 Å². The van der Waals surface area contributed by atoms with E-state index >= 15 is 0 Å². The molecule has 0 aliphatic rings. The first-order valence-electron chi connectivity index (χ1n) is 10.2. The Balaban J connectivity index is 1.49. The van der Waals surface area contributed by atoms with Crippen LogP contribution < -0.4 is 4.90 Å². The molecule has 8 heteroatoms. The number of thiophene rings is 1. The van der Waals surface area contributed by atoms with Crippen molar-refractivity contribution in [2.24, 2.45) is 0 Å². The number of imidazole rings is 1. The fourth-order valence-corrected chi connectivity index (χ4v) is 4.61. The number of fused-ring (bicyclic) bond motifs is 2. The maximum absolute atomic E-state index is 4.89. The lowest BCUT2D eigenvalue weighted by Crippen LogP contribution is -2.08. The van der Waals surface area contributed by atoms with Gasteiger partial charge in [-0.25, -0.2) is 9.97 Å². The molecule has 156 valence electrons. The van der Waals surface area contributed by atoms with Crippen LogP contribution in [-0.2, 0) is 0 Å². The Morgan fingerprint density at radius 3 is 2.78 bits per heavy atom. The predicted molar refractivity (Wildman–Crippen MR) is 130 cm³/mol. The molecule has 0 aliphatic heterocycles. The van der Waals surface area contributed by atoms with E-state index in [4.69, 9.17) is 4.98 Å². The Bertz CT molecular complexity index is 1560. The lowest BCUT2D eigenvalue weighted by atomic mass is 10.0. The Labute approximate surface area is 187 Å². The highest BCUT2D eigenvalue weighted by Crippen LogP contribution is 2.34. The van der Waals surface area contributed by atoms with Gasteiger partial charge in [-0.15, -0.1) is 11.3 Å². The van der Waals surface area contributed by atoms with Crippen LogP contribution >= 0.6 is 11.3 Å². The third-order valence-electron chi connectivity index (χ3n) is 5.53. The number of nitrogens with zero attached hydrogens (tertiary/aromatic N) is 5. The molecule has 32 heavy (non-hydrogen) atoms. The van der Waals surface area contributed by atoms with Crippen molar-refractivity contribution in [2.45, 2.75) is 0 Å². The van der Waals surface area contributed by atoms with Gasteiger partial charge in [0, 0.05) is 47.9 Å². The Hall–Kier alpha value is -4.04. The molecule has 6 aromatic rings. The second-order valence-electron chi connectivity index (χ2n) is 7.78. The third-order valence-corrected chi connectivity index (χ3v) is 6.44. The number of anilines is 1. The molecule has 0 spiro atoms. The molecule has 0 unspecified atom stereocenters. The molecular formula is C24H19N7S. The summed E-state index contributed by atoms with van der Waals surface area (Å²) in [7, 11) is 4.02. The molecule has 1 aromatic carbocycles. The highest BCUT2D eigenvalue weighted by molar-refractivity contribution is 7.13. The SMILES string of the molecule is CN(C)c1cncc(-c2ccc3[nH]nc(-c4nc5c(-c6cccs6)ccnc5[nH]4)c3c2)c1. The highest BCUT2D eigenvalue weighted by Gasteiger charge is 2.16. The van der Waals surface area contributed by atoms with Crippen LogP contribution in [-0.4, -0.2) is 44.2 Å². The van der Waals surface area contributed by atoms with Crippen molar-refractivity contribution >= 4 is 39.1 Å². The topological polar surface area (TPSA) is 86.4 Å². The summed E-state index contributed by atoms with van der Waals surface area (Å²) >= 11 is 1.69. The first-order valence-corrected chi connectivity index (χ1v) is 11.1. The Morgan fingerprint density at radius 2 is 1.94 bits per heavy atom. The number of hydrogen-bond acceptors (Lipinski definition) is 6. The normalized spacial score (nSPS) is 11.4. The van der Waals surface area contributed by atoms with E-state index in [9.17, 15) is 0 Å². The molecule has 0 bridgehead atoms. The zero-order valence-corrected chi connectivity index (χ0v) is 18.3. The van der Waals surface area contributed by atoms with Crippen LogP contribution in [0.4, 0.5) is 5.69 Å². The van der Waals surface area contributed by atoms with Crippen molar-refractivity contribution in [3.63, 3.8) is 0 Å². The third kappa shape index (κ3) is 3.04. The lowest BCUT2D eigenvalue weighted by Gasteiger charge is -2.13. The molecule has 0 saturated carbocycles. The van der Waals surface area contributed by atoms with Gasteiger partial charge in [0.25, 0.3) is 0 Å². The molecule has 5 aromatic heterocycles. The summed E-state index contributed by atoms with van der Waals surface area (Å²) in [6.45, 7) is 0. The molecule has 0 amide bonds. The van der Waals surface area contributed by atoms with Crippen molar-refractivity contribution in [1.29, 1.82) is 0 Å². The van der Waals surface area contributed by atoms with Crippen molar-refractivity contribution < 1.29 is 0 Å². The molecule has 0 atom stereocenters. The van der Waals surface area contributed by atoms with Crippen molar-refractivity contribution in [2.75, 3.05) is 19.0 Å². The summed E-state index contributed by atoms with van der Waals surface area (Å²) in [6.07, 6.45) is 5.55. The fraction of sp³-hybridized carbons (Fsp3) is 0.0833. The second kappa shape index (κ2) is 7.28. The number of aromatic nitrogens is 6. The summed E-state index contributed by atoms with van der Waals surface area (Å²) in [5.41, 5.74) is 7.57. The average Bonchev–Trinajstić information content (AvgIpc) is 3.57. The molecule has 0 fully saturated rings. The van der Waals surface area contributed by atoms with Crippen LogP contribution in [0.2, 0.25) is 0 Å². The maximum Gasteiger partial charge on any atom is 0.160 e. The number of H-pyrrole nitrogens is 2. The van der Waals surface area contributed by atoms with Crippen LogP contribution in [0.1, 0.15) is 0 Å². The predicted octanol–water partition coefficient (Wildman–Crippen LogP) is 5.36. The van der Waals surface area contributed by atoms with E-state index in [0.717, 1.165) is 55.0 Å². The standard InChI is InChI=1S/C24H19N7S/c1-31(2)16-10-15(12-25-13-16)14-5-6-19-18(11-14)22(30-29-19)24-27-21-17(20-4-3-9-32-20)7-8-26-23(21)28-24/h3-13H,1-2H3,(H,29,30)(H,26,27,28). The Morgan fingerprint density at radius 1 is 1.00 bits per heavy atom. The zero-order valence-electron chi connectivity index (χ0n) is 17.5. The first-order chi connectivity index (χ1) is 15.7. The molecule has 0 radical (unpaired) electrons. The minimum atomic E-state index is 0.695. The van der Waals surface area contributed by atoms with Gasteiger partial charge in [-0.1, -0.05) is 12.1 Å². The number of rotatable bonds is 4. The number of aromatic amines is 2. The lowest BCUT2D eigenvalue weighted by molar-refractivity contribution is 1.10. The summed E-state index contributed by atoms with van der Waals surface area (Å²) in [5, 5.41) is 10.8. The van der Waals surface area contributed by atoms with Crippen LogP contribution in [0.3, 0.4) is 0 Å². The number of benzene rings is 1. The summed E-state index contributed by atoms with van der Waals surface area (Å²) in [5.74, 6) is 0.695. The van der Waals surface area contributed by atoms with E-state index in [-0.39, 0.29) is 0 Å². The average molecular weight is 438 g/mol.